The van der Waals surface area contributed by atoms with Crippen molar-refractivity contribution in [3.63, 3.8) is 0 Å². The summed E-state index contributed by atoms with van der Waals surface area (Å²) in [6, 6.07) is 7.01. The number of halogens is 2. The Bertz CT molecular complexity index is 711. The number of nitrogens with one attached hydrogen (secondary N) is 2. The Balaban J connectivity index is 1.83. The fourth-order valence-corrected chi connectivity index (χ4v) is 2.51. The third kappa shape index (κ3) is 3.87. The van der Waals surface area contributed by atoms with Gasteiger partial charge in [0.15, 0.2) is 0 Å². The van der Waals surface area contributed by atoms with Gasteiger partial charge in [-0.1, -0.05) is 23.2 Å². The van der Waals surface area contributed by atoms with Gasteiger partial charge in [0.1, 0.15) is 5.69 Å². The highest BCUT2D eigenvalue weighted by molar-refractivity contribution is 6.35. The van der Waals surface area contributed by atoms with Gasteiger partial charge >= 0.3 is 0 Å². The SMILES string of the molecule is Cc1cc(C(=O)NC2CC2)nc(Nc2cc(Cl)cc(Cl)c2)n1. The number of carbonyl (C=O) groups excluding carboxylic acids is 1. The van der Waals surface area contributed by atoms with Crippen LogP contribution in [0, 0.1) is 6.92 Å². The second-order valence-electron chi connectivity index (χ2n) is 5.25. The molecule has 114 valence electrons. The van der Waals surface area contributed by atoms with Crippen LogP contribution in [0.15, 0.2) is 24.3 Å². The van der Waals surface area contributed by atoms with Crippen LogP contribution in [0.1, 0.15) is 29.0 Å². The molecule has 1 aromatic heterocycles. The maximum atomic E-state index is 12.1. The van der Waals surface area contributed by atoms with Crippen LogP contribution >= 0.6 is 23.2 Å². The van der Waals surface area contributed by atoms with Crippen molar-refractivity contribution in [2.75, 3.05) is 5.32 Å². The number of hydrogen-bond donors (Lipinski definition) is 2. The number of rotatable bonds is 4. The molecule has 0 bridgehead atoms. The number of nitrogens with zero attached hydrogens (tertiary/aromatic N) is 2. The fraction of sp³-hybridized carbons (Fsp3) is 0.267. The zero-order valence-corrected chi connectivity index (χ0v) is 13.4. The van der Waals surface area contributed by atoms with E-state index in [-0.39, 0.29) is 11.9 Å². The summed E-state index contributed by atoms with van der Waals surface area (Å²) < 4.78 is 0. The maximum Gasteiger partial charge on any atom is 0.270 e. The first-order valence-electron chi connectivity index (χ1n) is 6.89. The van der Waals surface area contributed by atoms with E-state index in [0.717, 1.165) is 12.8 Å². The quantitative estimate of drug-likeness (QED) is 0.892. The Morgan fingerprint density at radius 3 is 2.45 bits per heavy atom. The van der Waals surface area contributed by atoms with Crippen LogP contribution in [0.4, 0.5) is 11.6 Å². The predicted octanol–water partition coefficient (Wildman–Crippen LogP) is 3.73. The molecule has 0 radical (unpaired) electrons. The maximum absolute atomic E-state index is 12.1. The summed E-state index contributed by atoms with van der Waals surface area (Å²) in [7, 11) is 0. The minimum atomic E-state index is -0.180. The molecule has 0 saturated heterocycles. The van der Waals surface area contributed by atoms with Crippen LogP contribution in [-0.2, 0) is 0 Å². The van der Waals surface area contributed by atoms with Gasteiger partial charge in [-0.05, 0) is 44.0 Å². The Morgan fingerprint density at radius 1 is 1.14 bits per heavy atom. The van der Waals surface area contributed by atoms with Crippen molar-refractivity contribution >= 4 is 40.7 Å². The molecule has 0 unspecified atom stereocenters. The van der Waals surface area contributed by atoms with E-state index in [1.807, 2.05) is 6.92 Å². The van der Waals surface area contributed by atoms with E-state index in [1.165, 1.54) is 0 Å². The van der Waals surface area contributed by atoms with Gasteiger partial charge in [0, 0.05) is 27.5 Å². The Labute approximate surface area is 138 Å². The lowest BCUT2D eigenvalue weighted by molar-refractivity contribution is 0.0946. The van der Waals surface area contributed by atoms with Crippen LogP contribution in [0.25, 0.3) is 0 Å². The second-order valence-corrected chi connectivity index (χ2v) is 6.12. The predicted molar refractivity (Wildman–Crippen MR) is 87.0 cm³/mol. The molecule has 2 N–H and O–H groups in total. The number of aryl methyl sites for hydroxylation is 1. The van der Waals surface area contributed by atoms with Gasteiger partial charge < -0.3 is 10.6 Å². The Kier molecular flexibility index (Phi) is 4.18. The molecule has 1 fully saturated rings. The molecule has 7 heteroatoms. The third-order valence-electron chi connectivity index (χ3n) is 3.12. The molecular formula is C15H14Cl2N4O. The molecule has 0 spiro atoms. The van der Waals surface area contributed by atoms with Gasteiger partial charge in [-0.2, -0.15) is 0 Å². The fourth-order valence-electron chi connectivity index (χ4n) is 1.98. The van der Waals surface area contributed by atoms with Crippen LogP contribution in [0.3, 0.4) is 0 Å². The lowest BCUT2D eigenvalue weighted by Crippen LogP contribution is -2.26. The van der Waals surface area contributed by atoms with E-state index in [9.17, 15) is 4.79 Å². The highest BCUT2D eigenvalue weighted by Gasteiger charge is 2.24. The summed E-state index contributed by atoms with van der Waals surface area (Å²) in [5.41, 5.74) is 1.71. The van der Waals surface area contributed by atoms with Crippen LogP contribution < -0.4 is 10.6 Å². The van der Waals surface area contributed by atoms with E-state index in [0.29, 0.717) is 33.1 Å². The number of benzene rings is 1. The van der Waals surface area contributed by atoms with Gasteiger partial charge in [0.25, 0.3) is 5.91 Å². The molecule has 1 amide bonds. The largest absolute Gasteiger partial charge is 0.348 e. The molecule has 1 aliphatic rings. The van der Waals surface area contributed by atoms with Gasteiger partial charge in [-0.15, -0.1) is 0 Å². The first kappa shape index (κ1) is 15.1. The lowest BCUT2D eigenvalue weighted by Gasteiger charge is -2.09. The average molecular weight is 337 g/mol. The Hall–Kier alpha value is -1.85. The topological polar surface area (TPSA) is 66.9 Å². The van der Waals surface area contributed by atoms with Crippen molar-refractivity contribution in [3.05, 3.63) is 45.7 Å². The number of aromatic nitrogens is 2. The zero-order valence-electron chi connectivity index (χ0n) is 11.9. The molecule has 1 aromatic carbocycles. The number of anilines is 2. The highest BCUT2D eigenvalue weighted by Crippen LogP contribution is 2.24. The standard InChI is InChI=1S/C15H14Cl2N4O/c1-8-4-13(14(22)19-11-2-3-11)21-15(18-8)20-12-6-9(16)5-10(17)7-12/h4-7,11H,2-3H2,1H3,(H,19,22)(H,18,20,21). The van der Waals surface area contributed by atoms with Gasteiger partial charge in [-0.25, -0.2) is 9.97 Å². The number of amides is 1. The summed E-state index contributed by atoms with van der Waals surface area (Å²) in [6.45, 7) is 1.81. The van der Waals surface area contributed by atoms with Gasteiger partial charge in [0.2, 0.25) is 5.95 Å². The zero-order chi connectivity index (χ0) is 15.7. The summed E-state index contributed by atoms with van der Waals surface area (Å²) in [4.78, 5) is 20.6. The molecule has 1 aliphatic carbocycles. The first-order chi connectivity index (χ1) is 10.5. The molecule has 0 atom stereocenters. The normalized spacial score (nSPS) is 13.8. The second kappa shape index (κ2) is 6.10. The molecule has 0 aliphatic heterocycles. The average Bonchev–Trinajstić information content (AvgIpc) is 3.20. The molecule has 1 saturated carbocycles. The molecular weight excluding hydrogens is 323 g/mol. The number of hydrogen-bond acceptors (Lipinski definition) is 4. The summed E-state index contributed by atoms with van der Waals surface area (Å²) in [6.07, 6.45) is 2.06. The van der Waals surface area contributed by atoms with E-state index in [4.69, 9.17) is 23.2 Å². The van der Waals surface area contributed by atoms with Crippen molar-refractivity contribution in [3.8, 4) is 0 Å². The van der Waals surface area contributed by atoms with E-state index in [1.54, 1.807) is 24.3 Å². The summed E-state index contributed by atoms with van der Waals surface area (Å²) in [5.74, 6) is 0.152. The van der Waals surface area contributed by atoms with Crippen molar-refractivity contribution in [1.82, 2.24) is 15.3 Å². The lowest BCUT2D eigenvalue weighted by atomic mass is 10.3. The smallest absolute Gasteiger partial charge is 0.270 e. The van der Waals surface area contributed by atoms with Gasteiger partial charge in [0.05, 0.1) is 0 Å². The van der Waals surface area contributed by atoms with E-state index in [2.05, 4.69) is 20.6 Å². The molecule has 2 aromatic rings. The minimum Gasteiger partial charge on any atom is -0.348 e. The highest BCUT2D eigenvalue weighted by atomic mass is 35.5. The molecule has 1 heterocycles. The van der Waals surface area contributed by atoms with Crippen molar-refractivity contribution in [2.45, 2.75) is 25.8 Å². The number of carbonyl (C=O) groups is 1. The molecule has 5 nitrogen and oxygen atoms in total. The van der Waals surface area contributed by atoms with Crippen LogP contribution in [0.2, 0.25) is 10.0 Å². The van der Waals surface area contributed by atoms with Crippen molar-refractivity contribution < 1.29 is 4.79 Å². The minimum absolute atomic E-state index is 0.180. The first-order valence-corrected chi connectivity index (χ1v) is 7.65. The van der Waals surface area contributed by atoms with E-state index < -0.39 is 0 Å². The third-order valence-corrected chi connectivity index (χ3v) is 3.55. The summed E-state index contributed by atoms with van der Waals surface area (Å²) in [5, 5.41) is 6.94. The van der Waals surface area contributed by atoms with Crippen molar-refractivity contribution in [2.24, 2.45) is 0 Å². The summed E-state index contributed by atoms with van der Waals surface area (Å²) >= 11 is 11.9. The van der Waals surface area contributed by atoms with Gasteiger partial charge in [-0.3, -0.25) is 4.79 Å². The van der Waals surface area contributed by atoms with Crippen molar-refractivity contribution in [1.29, 1.82) is 0 Å². The molecule has 3 rings (SSSR count). The van der Waals surface area contributed by atoms with E-state index >= 15 is 0 Å². The van der Waals surface area contributed by atoms with Crippen LogP contribution in [0.5, 0.6) is 0 Å². The van der Waals surface area contributed by atoms with Crippen LogP contribution in [-0.4, -0.2) is 21.9 Å². The Morgan fingerprint density at radius 2 is 1.82 bits per heavy atom. The monoisotopic (exact) mass is 336 g/mol. The molecule has 22 heavy (non-hydrogen) atoms.